The van der Waals surface area contributed by atoms with Crippen molar-refractivity contribution >= 4 is 44.2 Å². The minimum Gasteiger partial charge on any atom is -0.322 e. The Bertz CT molecular complexity index is 1690. The summed E-state index contributed by atoms with van der Waals surface area (Å²) in [6.07, 6.45) is 0. The van der Waals surface area contributed by atoms with Crippen LogP contribution in [0.2, 0.25) is 5.02 Å². The molecule has 8 nitrogen and oxygen atoms in total. The highest BCUT2D eigenvalue weighted by atomic mass is 35.5. The van der Waals surface area contributed by atoms with Crippen molar-refractivity contribution in [1.82, 2.24) is 20.4 Å². The van der Waals surface area contributed by atoms with Gasteiger partial charge in [-0.15, -0.1) is 5.10 Å². The van der Waals surface area contributed by atoms with Crippen molar-refractivity contribution in [1.29, 1.82) is 0 Å². The van der Waals surface area contributed by atoms with Crippen molar-refractivity contribution in [2.75, 3.05) is 5.32 Å². The lowest BCUT2D eigenvalue weighted by molar-refractivity contribution is 0.102. The Morgan fingerprint density at radius 3 is 2.47 bits per heavy atom. The van der Waals surface area contributed by atoms with Gasteiger partial charge in [-0.3, -0.25) is 4.79 Å². The van der Waals surface area contributed by atoms with Gasteiger partial charge in [0.1, 0.15) is 11.3 Å². The van der Waals surface area contributed by atoms with Gasteiger partial charge in [0.25, 0.3) is 5.91 Å². The summed E-state index contributed by atoms with van der Waals surface area (Å²) in [5, 5.41) is 13.3. The number of rotatable bonds is 6. The topological polar surface area (TPSA) is 118 Å². The number of anilines is 1. The lowest BCUT2D eigenvalue weighted by atomic mass is 10.1. The molecule has 11 heteroatoms. The summed E-state index contributed by atoms with van der Waals surface area (Å²) in [5.74, 6) is -1.56. The second-order valence-corrected chi connectivity index (χ2v) is 10.4. The first kappa shape index (κ1) is 23.6. The number of H-pyrrole nitrogens is 1. The number of nitrogens with one attached hydrogen (secondary N) is 2. The minimum absolute atomic E-state index is 0.161. The third kappa shape index (κ3) is 4.95. The van der Waals surface area contributed by atoms with Crippen LogP contribution in [0.5, 0.6) is 0 Å². The zero-order valence-electron chi connectivity index (χ0n) is 18.4. The molecule has 0 saturated heterocycles. The van der Waals surface area contributed by atoms with E-state index in [0.29, 0.717) is 38.7 Å². The number of fused-ring (bicyclic) bond motifs is 1. The van der Waals surface area contributed by atoms with Crippen LogP contribution in [0, 0.1) is 5.82 Å². The van der Waals surface area contributed by atoms with Crippen LogP contribution in [0.1, 0.15) is 15.9 Å². The second-order valence-electron chi connectivity index (χ2n) is 7.93. The lowest BCUT2D eigenvalue weighted by Crippen LogP contribution is -2.14. The van der Waals surface area contributed by atoms with Crippen molar-refractivity contribution in [2.24, 2.45) is 0 Å². The highest BCUT2D eigenvalue weighted by Gasteiger charge is 2.17. The maximum Gasteiger partial charge on any atom is 0.258 e. The monoisotopic (exact) mass is 521 g/mol. The minimum atomic E-state index is -3.57. The molecule has 0 aliphatic carbocycles. The predicted molar refractivity (Wildman–Crippen MR) is 134 cm³/mol. The number of halogens is 2. The Balaban J connectivity index is 1.32. The molecule has 0 aliphatic rings. The molecule has 3 aromatic carbocycles. The molecular formula is C25H17ClFN5O3S. The molecule has 2 heterocycles. The van der Waals surface area contributed by atoms with E-state index in [2.05, 4.69) is 25.7 Å². The first-order valence-corrected chi connectivity index (χ1v) is 12.7. The summed E-state index contributed by atoms with van der Waals surface area (Å²) < 4.78 is 39.8. The van der Waals surface area contributed by atoms with Gasteiger partial charge in [0.2, 0.25) is 0 Å². The van der Waals surface area contributed by atoms with E-state index in [-0.39, 0.29) is 16.2 Å². The van der Waals surface area contributed by atoms with Crippen molar-refractivity contribution in [2.45, 2.75) is 10.6 Å². The molecule has 0 aliphatic heterocycles. The first-order chi connectivity index (χ1) is 17.3. The number of aromatic nitrogens is 4. The fourth-order valence-corrected chi connectivity index (χ4v) is 5.06. The molecule has 0 saturated carbocycles. The van der Waals surface area contributed by atoms with Crippen molar-refractivity contribution in [3.8, 4) is 11.3 Å². The van der Waals surface area contributed by atoms with Gasteiger partial charge in [-0.05, 0) is 72.3 Å². The van der Waals surface area contributed by atoms with E-state index in [4.69, 9.17) is 11.6 Å². The van der Waals surface area contributed by atoms with E-state index in [1.165, 1.54) is 42.5 Å². The molecule has 5 rings (SSSR count). The number of sulfone groups is 1. The summed E-state index contributed by atoms with van der Waals surface area (Å²) in [7, 11) is -3.57. The molecule has 0 unspecified atom stereocenters. The Kier molecular flexibility index (Phi) is 6.21. The maximum atomic E-state index is 14.5. The van der Waals surface area contributed by atoms with Crippen LogP contribution in [0.25, 0.3) is 22.4 Å². The van der Waals surface area contributed by atoms with E-state index in [0.717, 1.165) is 0 Å². The van der Waals surface area contributed by atoms with Gasteiger partial charge >= 0.3 is 0 Å². The summed E-state index contributed by atoms with van der Waals surface area (Å²) in [6, 6.07) is 19.8. The van der Waals surface area contributed by atoms with E-state index in [1.54, 1.807) is 36.4 Å². The number of hydrogen-bond acceptors (Lipinski definition) is 6. The quantitative estimate of drug-likeness (QED) is 0.323. The molecule has 36 heavy (non-hydrogen) atoms. The number of amides is 1. The van der Waals surface area contributed by atoms with Gasteiger partial charge in [0.05, 0.1) is 21.9 Å². The molecule has 0 fully saturated rings. The first-order valence-electron chi connectivity index (χ1n) is 10.6. The van der Waals surface area contributed by atoms with E-state index >= 15 is 0 Å². The summed E-state index contributed by atoms with van der Waals surface area (Å²) >= 11 is 5.83. The fraction of sp³-hybridized carbons (Fsp3) is 0.0400. The molecule has 2 aromatic heterocycles. The van der Waals surface area contributed by atoms with Crippen LogP contribution in [0.4, 0.5) is 10.1 Å². The average Bonchev–Trinajstić information content (AvgIpc) is 3.33. The second kappa shape index (κ2) is 9.48. The number of benzene rings is 3. The molecule has 0 spiro atoms. The average molecular weight is 522 g/mol. The zero-order chi connectivity index (χ0) is 25.3. The van der Waals surface area contributed by atoms with E-state index in [1.807, 2.05) is 0 Å². The number of carbonyl (C=O) groups excluding carboxylic acids is 1. The van der Waals surface area contributed by atoms with Crippen LogP contribution in [0.15, 0.2) is 83.8 Å². The van der Waals surface area contributed by atoms with E-state index < -0.39 is 21.6 Å². The third-order valence-electron chi connectivity index (χ3n) is 5.44. The zero-order valence-corrected chi connectivity index (χ0v) is 20.0. The molecule has 0 atom stereocenters. The standard InChI is InChI=1S/C25H17ClFN5O3S/c26-17-4-8-19(9-5-17)36(34,35)14-15-1-6-18(7-2-15)28-25(33)20-13-16(3-10-21(20)27)22-11-12-23-24(29-22)31-32-30-23/h1-13H,14H2,(H,28,33)(H,29,30,31,32). The van der Waals surface area contributed by atoms with Crippen molar-refractivity contribution < 1.29 is 17.6 Å². The Morgan fingerprint density at radius 2 is 1.72 bits per heavy atom. The van der Waals surface area contributed by atoms with Crippen LogP contribution in [-0.2, 0) is 15.6 Å². The highest BCUT2D eigenvalue weighted by Crippen LogP contribution is 2.24. The smallest absolute Gasteiger partial charge is 0.258 e. The van der Waals surface area contributed by atoms with Gasteiger partial charge in [-0.2, -0.15) is 0 Å². The Labute approximate surface area is 210 Å². The maximum absolute atomic E-state index is 14.5. The van der Waals surface area contributed by atoms with Crippen molar-refractivity contribution in [3.05, 3.63) is 101 Å². The van der Waals surface area contributed by atoms with Gasteiger partial charge in [-0.25, -0.2) is 22.9 Å². The number of aromatic amines is 1. The van der Waals surface area contributed by atoms with Crippen LogP contribution >= 0.6 is 11.6 Å². The molecule has 180 valence electrons. The van der Waals surface area contributed by atoms with E-state index in [9.17, 15) is 17.6 Å². The van der Waals surface area contributed by atoms with Crippen LogP contribution < -0.4 is 5.32 Å². The van der Waals surface area contributed by atoms with Crippen molar-refractivity contribution in [3.63, 3.8) is 0 Å². The summed E-state index contributed by atoms with van der Waals surface area (Å²) in [4.78, 5) is 17.4. The van der Waals surface area contributed by atoms with Gasteiger partial charge < -0.3 is 5.32 Å². The van der Waals surface area contributed by atoms with Gasteiger partial charge in [-0.1, -0.05) is 28.9 Å². The summed E-state index contributed by atoms with van der Waals surface area (Å²) in [5.41, 5.74) is 2.89. The SMILES string of the molecule is O=C(Nc1ccc(CS(=O)(=O)c2ccc(Cl)cc2)cc1)c1cc(-c2ccc3nn[nH]c3n2)ccc1F. The largest absolute Gasteiger partial charge is 0.322 e. The fourth-order valence-electron chi connectivity index (χ4n) is 3.59. The molecule has 2 N–H and O–H groups in total. The molecular weight excluding hydrogens is 505 g/mol. The predicted octanol–water partition coefficient (Wildman–Crippen LogP) is 5.04. The Hall–Kier alpha value is -4.15. The van der Waals surface area contributed by atoms with Crippen LogP contribution in [0.3, 0.4) is 0 Å². The molecule has 1 amide bonds. The number of nitrogens with zero attached hydrogens (tertiary/aromatic N) is 3. The summed E-state index contributed by atoms with van der Waals surface area (Å²) in [6.45, 7) is 0. The number of carbonyl (C=O) groups is 1. The molecule has 0 bridgehead atoms. The number of pyridine rings is 1. The Morgan fingerprint density at radius 1 is 0.972 bits per heavy atom. The lowest BCUT2D eigenvalue weighted by Gasteiger charge is -2.10. The van der Waals surface area contributed by atoms with Gasteiger partial charge in [0.15, 0.2) is 15.5 Å². The normalized spacial score (nSPS) is 11.5. The van der Waals surface area contributed by atoms with Gasteiger partial charge in [0, 0.05) is 16.3 Å². The molecule has 5 aromatic rings. The third-order valence-corrected chi connectivity index (χ3v) is 7.39. The van der Waals surface area contributed by atoms with Crippen LogP contribution in [-0.4, -0.2) is 34.7 Å². The number of hydrogen-bond donors (Lipinski definition) is 2. The molecule has 0 radical (unpaired) electrons. The highest BCUT2D eigenvalue weighted by molar-refractivity contribution is 7.90.